The maximum atomic E-state index is 12.2. The summed E-state index contributed by atoms with van der Waals surface area (Å²) < 4.78 is 0. The highest BCUT2D eigenvalue weighted by molar-refractivity contribution is 5.85. The van der Waals surface area contributed by atoms with Gasteiger partial charge in [-0.25, -0.2) is 4.79 Å². The summed E-state index contributed by atoms with van der Waals surface area (Å²) in [4.78, 5) is 24.8. The van der Waals surface area contributed by atoms with Gasteiger partial charge < -0.3 is 15.7 Å². The van der Waals surface area contributed by atoms with E-state index >= 15 is 0 Å². The molecule has 0 aromatic heterocycles. The third-order valence-corrected chi connectivity index (χ3v) is 3.44. The van der Waals surface area contributed by atoms with Crippen LogP contribution < -0.4 is 5.73 Å². The van der Waals surface area contributed by atoms with Crippen LogP contribution in [-0.2, 0) is 16.0 Å². The lowest BCUT2D eigenvalue weighted by Gasteiger charge is -2.33. The molecule has 0 unspecified atom stereocenters. The molecule has 1 amide bonds. The maximum absolute atomic E-state index is 12.2. The van der Waals surface area contributed by atoms with Crippen LogP contribution in [0.4, 0.5) is 5.69 Å². The second kappa shape index (κ2) is 5.73. The van der Waals surface area contributed by atoms with E-state index in [-0.39, 0.29) is 12.3 Å². The third-order valence-electron chi connectivity index (χ3n) is 3.44. The second-order valence-corrected chi connectivity index (χ2v) is 4.86. The molecule has 0 spiro atoms. The lowest BCUT2D eigenvalue weighted by atomic mass is 10.0. The molecule has 1 aromatic carbocycles. The van der Waals surface area contributed by atoms with Crippen molar-refractivity contribution < 1.29 is 14.7 Å². The standard InChI is InChI=1S/C14H18N2O3/c15-11-6-4-10(5-7-11)9-13(17)16-8-2-1-3-12(16)14(18)19/h4-7,12H,1-3,8-9,15H2,(H,18,19)/t12-/m1/s1. The van der Waals surface area contributed by atoms with Crippen LogP contribution in [0.1, 0.15) is 24.8 Å². The average molecular weight is 262 g/mol. The van der Waals surface area contributed by atoms with Gasteiger partial charge in [0.1, 0.15) is 6.04 Å². The Labute approximate surface area is 112 Å². The summed E-state index contributed by atoms with van der Waals surface area (Å²) in [6.07, 6.45) is 2.51. The van der Waals surface area contributed by atoms with Crippen LogP contribution in [0.2, 0.25) is 0 Å². The van der Waals surface area contributed by atoms with Crippen LogP contribution in [0.5, 0.6) is 0 Å². The minimum Gasteiger partial charge on any atom is -0.480 e. The number of carboxylic acids is 1. The van der Waals surface area contributed by atoms with Gasteiger partial charge >= 0.3 is 5.97 Å². The first-order chi connectivity index (χ1) is 9.08. The van der Waals surface area contributed by atoms with Crippen LogP contribution >= 0.6 is 0 Å². The van der Waals surface area contributed by atoms with Gasteiger partial charge in [0.05, 0.1) is 6.42 Å². The predicted octanol–water partition coefficient (Wildman–Crippen LogP) is 1.28. The third kappa shape index (κ3) is 3.24. The highest BCUT2D eigenvalue weighted by Crippen LogP contribution is 2.19. The highest BCUT2D eigenvalue weighted by Gasteiger charge is 2.31. The topological polar surface area (TPSA) is 83.6 Å². The zero-order valence-electron chi connectivity index (χ0n) is 10.7. The fourth-order valence-electron chi connectivity index (χ4n) is 2.40. The number of nitrogens with zero attached hydrogens (tertiary/aromatic N) is 1. The fraction of sp³-hybridized carbons (Fsp3) is 0.429. The number of carbonyl (C=O) groups is 2. The molecular weight excluding hydrogens is 244 g/mol. The number of nitrogens with two attached hydrogens (primary N) is 1. The Kier molecular flexibility index (Phi) is 4.04. The van der Waals surface area contributed by atoms with E-state index in [4.69, 9.17) is 10.8 Å². The normalized spacial score (nSPS) is 19.2. The minimum absolute atomic E-state index is 0.128. The number of rotatable bonds is 3. The molecular formula is C14H18N2O3. The Hall–Kier alpha value is -2.04. The summed E-state index contributed by atoms with van der Waals surface area (Å²) >= 11 is 0. The first-order valence-corrected chi connectivity index (χ1v) is 6.44. The lowest BCUT2D eigenvalue weighted by molar-refractivity contribution is -0.151. The van der Waals surface area contributed by atoms with E-state index in [0.717, 1.165) is 18.4 Å². The molecule has 1 aromatic rings. The zero-order valence-corrected chi connectivity index (χ0v) is 10.7. The minimum atomic E-state index is -0.912. The highest BCUT2D eigenvalue weighted by atomic mass is 16.4. The molecule has 0 radical (unpaired) electrons. The van der Waals surface area contributed by atoms with Crippen molar-refractivity contribution in [3.05, 3.63) is 29.8 Å². The Morgan fingerprint density at radius 2 is 1.95 bits per heavy atom. The number of amides is 1. The van der Waals surface area contributed by atoms with Crippen molar-refractivity contribution in [1.29, 1.82) is 0 Å². The van der Waals surface area contributed by atoms with E-state index in [1.54, 1.807) is 24.3 Å². The molecule has 1 aliphatic rings. The second-order valence-electron chi connectivity index (χ2n) is 4.86. The van der Waals surface area contributed by atoms with Crippen LogP contribution in [0.25, 0.3) is 0 Å². The average Bonchev–Trinajstić information content (AvgIpc) is 2.41. The molecule has 19 heavy (non-hydrogen) atoms. The number of carboxylic acid groups (broad SMARTS) is 1. The summed E-state index contributed by atoms with van der Waals surface area (Å²) in [6.45, 7) is 0.533. The van der Waals surface area contributed by atoms with Gasteiger partial charge in [0.25, 0.3) is 0 Å². The van der Waals surface area contributed by atoms with Gasteiger partial charge in [0.2, 0.25) is 5.91 Å². The first-order valence-electron chi connectivity index (χ1n) is 6.44. The van der Waals surface area contributed by atoms with Gasteiger partial charge in [-0.2, -0.15) is 0 Å². The summed E-state index contributed by atoms with van der Waals surface area (Å²) in [5, 5.41) is 9.15. The monoisotopic (exact) mass is 262 g/mol. The van der Waals surface area contributed by atoms with Gasteiger partial charge in [0, 0.05) is 12.2 Å². The number of piperidine rings is 1. The summed E-state index contributed by atoms with van der Waals surface area (Å²) in [5.41, 5.74) is 7.10. The smallest absolute Gasteiger partial charge is 0.326 e. The summed E-state index contributed by atoms with van der Waals surface area (Å²) in [7, 11) is 0. The van der Waals surface area contributed by atoms with Gasteiger partial charge in [-0.05, 0) is 37.0 Å². The van der Waals surface area contributed by atoms with E-state index in [1.165, 1.54) is 4.90 Å². The van der Waals surface area contributed by atoms with E-state index in [1.807, 2.05) is 0 Å². The molecule has 0 saturated carbocycles. The van der Waals surface area contributed by atoms with E-state index in [0.29, 0.717) is 18.7 Å². The van der Waals surface area contributed by atoms with Crippen molar-refractivity contribution >= 4 is 17.6 Å². The van der Waals surface area contributed by atoms with Gasteiger partial charge in [-0.1, -0.05) is 12.1 Å². The number of carbonyl (C=O) groups excluding carboxylic acids is 1. The Morgan fingerprint density at radius 1 is 1.26 bits per heavy atom. The molecule has 1 saturated heterocycles. The summed E-state index contributed by atoms with van der Waals surface area (Å²) in [5.74, 6) is -1.04. The van der Waals surface area contributed by atoms with Gasteiger partial charge in [0.15, 0.2) is 0 Å². The van der Waals surface area contributed by atoms with Crippen LogP contribution in [-0.4, -0.2) is 34.5 Å². The molecule has 5 heteroatoms. The quantitative estimate of drug-likeness (QED) is 0.804. The lowest BCUT2D eigenvalue weighted by Crippen LogP contribution is -2.48. The van der Waals surface area contributed by atoms with Crippen LogP contribution in [0.15, 0.2) is 24.3 Å². The predicted molar refractivity (Wildman–Crippen MR) is 71.5 cm³/mol. The number of hydrogen-bond acceptors (Lipinski definition) is 3. The Bertz CT molecular complexity index is 470. The molecule has 1 aliphatic heterocycles. The van der Waals surface area contributed by atoms with Crippen molar-refractivity contribution in [2.24, 2.45) is 0 Å². The van der Waals surface area contributed by atoms with E-state index in [2.05, 4.69) is 0 Å². The summed E-state index contributed by atoms with van der Waals surface area (Å²) in [6, 6.07) is 6.41. The first kappa shape index (κ1) is 13.4. The Morgan fingerprint density at radius 3 is 2.58 bits per heavy atom. The molecule has 1 heterocycles. The van der Waals surface area contributed by atoms with Crippen molar-refractivity contribution in [2.75, 3.05) is 12.3 Å². The van der Waals surface area contributed by atoms with E-state index < -0.39 is 12.0 Å². The number of nitrogen functional groups attached to an aromatic ring is 1. The molecule has 1 atom stereocenters. The van der Waals surface area contributed by atoms with Crippen LogP contribution in [0.3, 0.4) is 0 Å². The van der Waals surface area contributed by atoms with Crippen molar-refractivity contribution in [1.82, 2.24) is 4.90 Å². The van der Waals surface area contributed by atoms with E-state index in [9.17, 15) is 9.59 Å². The molecule has 2 rings (SSSR count). The number of anilines is 1. The van der Waals surface area contributed by atoms with Gasteiger partial charge in [-0.15, -0.1) is 0 Å². The molecule has 0 aliphatic carbocycles. The number of hydrogen-bond donors (Lipinski definition) is 2. The maximum Gasteiger partial charge on any atom is 0.326 e. The molecule has 5 nitrogen and oxygen atoms in total. The Balaban J connectivity index is 2.05. The number of aliphatic carboxylic acids is 1. The zero-order chi connectivity index (χ0) is 13.8. The van der Waals surface area contributed by atoms with Crippen LogP contribution in [0, 0.1) is 0 Å². The van der Waals surface area contributed by atoms with Crippen molar-refractivity contribution in [3.8, 4) is 0 Å². The molecule has 3 N–H and O–H groups in total. The fourth-order valence-corrected chi connectivity index (χ4v) is 2.40. The number of benzene rings is 1. The molecule has 1 fully saturated rings. The molecule has 102 valence electrons. The van der Waals surface area contributed by atoms with Crippen molar-refractivity contribution in [2.45, 2.75) is 31.7 Å². The largest absolute Gasteiger partial charge is 0.480 e. The van der Waals surface area contributed by atoms with Gasteiger partial charge in [-0.3, -0.25) is 4.79 Å². The SMILES string of the molecule is Nc1ccc(CC(=O)N2CCCC[C@@H]2C(=O)O)cc1. The van der Waals surface area contributed by atoms with Crippen molar-refractivity contribution in [3.63, 3.8) is 0 Å². The number of likely N-dealkylation sites (tertiary alicyclic amines) is 1. The molecule has 0 bridgehead atoms.